The number of fused-ring (bicyclic) bond motifs is 1. The number of unbranched alkanes of at least 4 members (excludes halogenated alkanes) is 1. The normalized spacial score (nSPS) is 11.8. The summed E-state index contributed by atoms with van der Waals surface area (Å²) in [4.78, 5) is 27.5. The van der Waals surface area contributed by atoms with Crippen molar-refractivity contribution < 1.29 is 14.3 Å². The van der Waals surface area contributed by atoms with Gasteiger partial charge in [-0.25, -0.2) is 0 Å². The Morgan fingerprint density at radius 1 is 1.12 bits per heavy atom. The summed E-state index contributed by atoms with van der Waals surface area (Å²) >= 11 is 16.0. The number of carbonyl (C=O) groups excluding carboxylic acids is 2. The molecule has 1 unspecified atom stereocenters. The summed E-state index contributed by atoms with van der Waals surface area (Å²) in [6.07, 6.45) is 1.83. The van der Waals surface area contributed by atoms with Gasteiger partial charge in [-0.2, -0.15) is 0 Å². The lowest BCUT2D eigenvalue weighted by Gasteiger charge is -2.29. The summed E-state index contributed by atoms with van der Waals surface area (Å²) in [5, 5.41) is 5.88. The first-order chi connectivity index (χ1) is 16.3. The first-order valence-corrected chi connectivity index (χ1v) is 12.7. The van der Waals surface area contributed by atoms with Crippen LogP contribution in [0.15, 0.2) is 59.1 Å². The Morgan fingerprint density at radius 2 is 1.88 bits per heavy atom. The zero-order chi connectivity index (χ0) is 24.7. The number of hydrogen-bond donors (Lipinski definition) is 1. The molecule has 3 rings (SSSR count). The predicted octanol–water partition coefficient (Wildman–Crippen LogP) is 6.62. The Hall–Kier alpha value is -2.28. The number of benzene rings is 3. The van der Waals surface area contributed by atoms with Gasteiger partial charge in [-0.05, 0) is 63.8 Å². The molecule has 34 heavy (non-hydrogen) atoms. The number of hydrogen-bond acceptors (Lipinski definition) is 3. The van der Waals surface area contributed by atoms with E-state index in [-0.39, 0.29) is 25.0 Å². The maximum Gasteiger partial charge on any atom is 0.261 e. The fourth-order valence-electron chi connectivity index (χ4n) is 3.50. The minimum Gasteiger partial charge on any atom is -0.483 e. The van der Waals surface area contributed by atoms with E-state index in [0.717, 1.165) is 28.1 Å². The molecule has 0 radical (unpaired) electrons. The third-order valence-corrected chi connectivity index (χ3v) is 6.94. The number of nitrogens with zero attached hydrogens (tertiary/aromatic N) is 1. The maximum absolute atomic E-state index is 13.3. The third kappa shape index (κ3) is 6.65. The Labute approximate surface area is 218 Å². The average Bonchev–Trinajstić information content (AvgIpc) is 2.83. The lowest BCUT2D eigenvalue weighted by Crippen LogP contribution is -2.49. The van der Waals surface area contributed by atoms with Gasteiger partial charge in [0.2, 0.25) is 5.91 Å². The molecule has 0 fully saturated rings. The van der Waals surface area contributed by atoms with Crippen molar-refractivity contribution in [3.05, 3.63) is 74.7 Å². The van der Waals surface area contributed by atoms with E-state index in [1.807, 2.05) is 36.4 Å². The molecular weight excluding hydrogens is 539 g/mol. The van der Waals surface area contributed by atoms with Crippen molar-refractivity contribution in [3.63, 3.8) is 0 Å². The molecule has 2 amide bonds. The largest absolute Gasteiger partial charge is 0.483 e. The summed E-state index contributed by atoms with van der Waals surface area (Å²) < 4.78 is 6.65. The van der Waals surface area contributed by atoms with Gasteiger partial charge < -0.3 is 15.0 Å². The zero-order valence-corrected chi connectivity index (χ0v) is 22.2. The number of rotatable bonds is 10. The molecule has 0 heterocycles. The molecule has 0 saturated heterocycles. The molecule has 5 nitrogen and oxygen atoms in total. The third-order valence-electron chi connectivity index (χ3n) is 5.53. The molecule has 0 aliphatic rings. The zero-order valence-electron chi connectivity index (χ0n) is 19.1. The Kier molecular flexibility index (Phi) is 9.63. The Balaban J connectivity index is 1.79. The van der Waals surface area contributed by atoms with E-state index in [2.05, 4.69) is 28.2 Å². The monoisotopic (exact) mass is 564 g/mol. The van der Waals surface area contributed by atoms with Crippen LogP contribution in [0.1, 0.15) is 32.3 Å². The highest BCUT2D eigenvalue weighted by Crippen LogP contribution is 2.33. The first-order valence-electron chi connectivity index (χ1n) is 11.1. The van der Waals surface area contributed by atoms with Crippen LogP contribution < -0.4 is 10.1 Å². The molecule has 8 heteroatoms. The lowest BCUT2D eigenvalue weighted by atomic mass is 10.1. The minimum atomic E-state index is -0.709. The van der Waals surface area contributed by atoms with E-state index in [4.69, 9.17) is 27.9 Å². The fraction of sp³-hybridized carbons (Fsp3) is 0.308. The summed E-state index contributed by atoms with van der Waals surface area (Å²) in [5.41, 5.74) is 0.694. The van der Waals surface area contributed by atoms with Crippen molar-refractivity contribution in [2.45, 2.75) is 39.3 Å². The van der Waals surface area contributed by atoms with E-state index in [9.17, 15) is 9.59 Å². The molecule has 1 N–H and O–H groups in total. The highest BCUT2D eigenvalue weighted by atomic mass is 79.9. The van der Waals surface area contributed by atoms with Crippen molar-refractivity contribution in [2.24, 2.45) is 0 Å². The van der Waals surface area contributed by atoms with Crippen molar-refractivity contribution in [2.75, 3.05) is 13.2 Å². The van der Waals surface area contributed by atoms with Gasteiger partial charge in [0, 0.05) is 23.1 Å². The SMILES string of the molecule is CCCCNC(=O)C(C)N(Cc1ccc(Cl)cc1Cl)C(=O)COc1ccc2ccccc2c1Br. The molecule has 0 aliphatic heterocycles. The van der Waals surface area contributed by atoms with Crippen LogP contribution in [0.25, 0.3) is 10.8 Å². The van der Waals surface area contributed by atoms with E-state index >= 15 is 0 Å². The van der Waals surface area contributed by atoms with Gasteiger partial charge in [0.05, 0.1) is 4.47 Å². The Bertz CT molecular complexity index is 1170. The van der Waals surface area contributed by atoms with Crippen LogP contribution >= 0.6 is 39.1 Å². The molecule has 3 aromatic carbocycles. The second kappa shape index (κ2) is 12.4. The van der Waals surface area contributed by atoms with Crippen LogP contribution in [0.3, 0.4) is 0 Å². The van der Waals surface area contributed by atoms with Crippen molar-refractivity contribution in [1.29, 1.82) is 0 Å². The van der Waals surface area contributed by atoms with Gasteiger partial charge in [-0.1, -0.05) is 72.9 Å². The molecule has 1 atom stereocenters. The smallest absolute Gasteiger partial charge is 0.261 e. The molecule has 0 spiro atoms. The number of ether oxygens (including phenoxy) is 1. The molecule has 0 aliphatic carbocycles. The van der Waals surface area contributed by atoms with Crippen molar-refractivity contribution >= 4 is 61.7 Å². The van der Waals surface area contributed by atoms with Crippen LogP contribution in [0.2, 0.25) is 10.0 Å². The first kappa shape index (κ1) is 26.3. The molecule has 0 saturated carbocycles. The van der Waals surface area contributed by atoms with E-state index in [1.54, 1.807) is 25.1 Å². The van der Waals surface area contributed by atoms with E-state index < -0.39 is 6.04 Å². The van der Waals surface area contributed by atoms with Crippen LogP contribution in [-0.2, 0) is 16.1 Å². The van der Waals surface area contributed by atoms with Crippen molar-refractivity contribution in [1.82, 2.24) is 10.2 Å². The molecule has 0 aromatic heterocycles. The number of nitrogens with one attached hydrogen (secondary N) is 1. The summed E-state index contributed by atoms with van der Waals surface area (Å²) in [5.74, 6) is -0.000404. The number of amides is 2. The molecule has 180 valence electrons. The van der Waals surface area contributed by atoms with Crippen LogP contribution in [0.4, 0.5) is 0 Å². The average molecular weight is 566 g/mol. The highest BCUT2D eigenvalue weighted by molar-refractivity contribution is 9.10. The van der Waals surface area contributed by atoms with Crippen molar-refractivity contribution in [3.8, 4) is 5.75 Å². The molecule has 3 aromatic rings. The number of carbonyl (C=O) groups is 2. The Morgan fingerprint density at radius 3 is 2.62 bits per heavy atom. The second-order valence-electron chi connectivity index (χ2n) is 7.97. The van der Waals surface area contributed by atoms with Crippen LogP contribution in [0, 0.1) is 0 Å². The quantitative estimate of drug-likeness (QED) is 0.281. The van der Waals surface area contributed by atoms with E-state index in [0.29, 0.717) is 27.9 Å². The van der Waals surface area contributed by atoms with Gasteiger partial charge in [0.1, 0.15) is 11.8 Å². The van der Waals surface area contributed by atoms with Gasteiger partial charge >= 0.3 is 0 Å². The molecule has 0 bridgehead atoms. The summed E-state index contributed by atoms with van der Waals surface area (Å²) in [6.45, 7) is 4.24. The maximum atomic E-state index is 13.3. The van der Waals surface area contributed by atoms with Crippen LogP contribution in [0.5, 0.6) is 5.75 Å². The highest BCUT2D eigenvalue weighted by Gasteiger charge is 2.27. The summed E-state index contributed by atoms with van der Waals surface area (Å²) in [6, 6.07) is 16.0. The van der Waals surface area contributed by atoms with Crippen LogP contribution in [-0.4, -0.2) is 35.9 Å². The topological polar surface area (TPSA) is 58.6 Å². The van der Waals surface area contributed by atoms with Gasteiger partial charge in [0.15, 0.2) is 6.61 Å². The predicted molar refractivity (Wildman–Crippen MR) is 142 cm³/mol. The number of halogens is 3. The lowest BCUT2D eigenvalue weighted by molar-refractivity contribution is -0.142. The standard InChI is InChI=1S/C26H27BrCl2N2O3/c1-3-4-13-30-26(33)17(2)31(15-19-9-11-20(28)14-22(19)29)24(32)16-34-23-12-10-18-7-5-6-8-21(18)25(23)27/h5-12,14,17H,3-4,13,15-16H2,1-2H3,(H,30,33). The fourth-order valence-corrected chi connectivity index (χ4v) is 4.58. The van der Waals surface area contributed by atoms with E-state index in [1.165, 1.54) is 4.90 Å². The molecular formula is C26H27BrCl2N2O3. The van der Waals surface area contributed by atoms with Gasteiger partial charge in [0.25, 0.3) is 5.91 Å². The minimum absolute atomic E-state index is 0.152. The van der Waals surface area contributed by atoms with Gasteiger partial charge in [-0.15, -0.1) is 0 Å². The van der Waals surface area contributed by atoms with Gasteiger partial charge in [-0.3, -0.25) is 9.59 Å². The summed E-state index contributed by atoms with van der Waals surface area (Å²) in [7, 11) is 0. The second-order valence-corrected chi connectivity index (χ2v) is 9.60.